The van der Waals surface area contributed by atoms with Crippen LogP contribution in [-0.2, 0) is 4.74 Å². The van der Waals surface area contributed by atoms with Gasteiger partial charge in [0.1, 0.15) is 11.4 Å². The molecule has 0 saturated carbocycles. The average Bonchev–Trinajstić information content (AvgIpc) is 2.59. The first-order valence-corrected chi connectivity index (χ1v) is 9.21. The molecule has 0 aromatic heterocycles. The SMILES string of the molecule is C=Cc1cc(C(=O)N2CCC(N(C)C(=O)OC(C)(C)C)CC2)c(F)cc1C. The molecule has 2 rings (SSSR count). The highest BCUT2D eigenvalue weighted by Gasteiger charge is 2.31. The van der Waals surface area contributed by atoms with Gasteiger partial charge in [-0.1, -0.05) is 12.7 Å². The summed E-state index contributed by atoms with van der Waals surface area (Å²) in [4.78, 5) is 28.2. The summed E-state index contributed by atoms with van der Waals surface area (Å²) in [6.45, 7) is 11.9. The van der Waals surface area contributed by atoms with E-state index in [0.29, 0.717) is 25.9 Å². The van der Waals surface area contributed by atoms with Crippen molar-refractivity contribution in [3.8, 4) is 0 Å². The Bertz CT molecular complexity index is 732. The van der Waals surface area contributed by atoms with Gasteiger partial charge in [-0.2, -0.15) is 0 Å². The molecule has 148 valence electrons. The highest BCUT2D eigenvalue weighted by molar-refractivity contribution is 5.95. The van der Waals surface area contributed by atoms with Crippen molar-refractivity contribution in [1.82, 2.24) is 9.80 Å². The molecule has 1 aliphatic heterocycles. The van der Waals surface area contributed by atoms with Gasteiger partial charge in [-0.25, -0.2) is 9.18 Å². The van der Waals surface area contributed by atoms with Crippen LogP contribution in [0.1, 0.15) is 55.1 Å². The molecular weight excluding hydrogens is 347 g/mol. The number of benzene rings is 1. The molecule has 5 nitrogen and oxygen atoms in total. The molecule has 0 bridgehead atoms. The van der Waals surface area contributed by atoms with Crippen LogP contribution in [0.15, 0.2) is 18.7 Å². The third-order valence-corrected chi connectivity index (χ3v) is 4.79. The normalized spacial score (nSPS) is 15.4. The number of piperidine rings is 1. The number of rotatable bonds is 3. The van der Waals surface area contributed by atoms with Crippen LogP contribution in [0.3, 0.4) is 0 Å². The van der Waals surface area contributed by atoms with E-state index in [1.165, 1.54) is 6.07 Å². The molecule has 0 spiro atoms. The van der Waals surface area contributed by atoms with Gasteiger partial charge in [-0.05, 0) is 63.8 Å². The van der Waals surface area contributed by atoms with Gasteiger partial charge in [0.05, 0.1) is 5.56 Å². The molecule has 0 N–H and O–H groups in total. The number of hydrogen-bond acceptors (Lipinski definition) is 3. The predicted octanol–water partition coefficient (Wildman–Crippen LogP) is 4.25. The maximum Gasteiger partial charge on any atom is 0.410 e. The van der Waals surface area contributed by atoms with E-state index in [-0.39, 0.29) is 23.6 Å². The minimum atomic E-state index is -0.548. The summed E-state index contributed by atoms with van der Waals surface area (Å²) >= 11 is 0. The van der Waals surface area contributed by atoms with Crippen molar-refractivity contribution in [2.45, 2.75) is 52.2 Å². The fraction of sp³-hybridized carbons (Fsp3) is 0.524. The third kappa shape index (κ3) is 5.08. The third-order valence-electron chi connectivity index (χ3n) is 4.79. The highest BCUT2D eigenvalue weighted by Crippen LogP contribution is 2.22. The Balaban J connectivity index is 2.02. The Kier molecular flexibility index (Phi) is 6.29. The Labute approximate surface area is 160 Å². The quantitative estimate of drug-likeness (QED) is 0.792. The molecule has 1 fully saturated rings. The van der Waals surface area contributed by atoms with Gasteiger partial charge >= 0.3 is 6.09 Å². The summed E-state index contributed by atoms with van der Waals surface area (Å²) in [5.74, 6) is -0.843. The minimum absolute atomic E-state index is 0.00417. The van der Waals surface area contributed by atoms with Crippen LogP contribution < -0.4 is 0 Å². The fourth-order valence-corrected chi connectivity index (χ4v) is 3.18. The maximum atomic E-state index is 14.3. The van der Waals surface area contributed by atoms with Crippen LogP contribution in [0.4, 0.5) is 9.18 Å². The number of ether oxygens (including phenoxy) is 1. The van der Waals surface area contributed by atoms with Gasteiger partial charge in [0, 0.05) is 26.2 Å². The zero-order valence-electron chi connectivity index (χ0n) is 16.8. The van der Waals surface area contributed by atoms with E-state index >= 15 is 0 Å². The van der Waals surface area contributed by atoms with Gasteiger partial charge < -0.3 is 14.5 Å². The van der Waals surface area contributed by atoms with Gasteiger partial charge in [0.15, 0.2) is 0 Å². The average molecular weight is 376 g/mol. The standard InChI is InChI=1S/C21H29FN2O3/c1-7-15-13-17(18(22)12-14(15)2)19(25)24-10-8-16(9-11-24)23(6)20(26)27-21(3,4)5/h7,12-13,16H,1,8-11H2,2-6H3. The molecule has 1 saturated heterocycles. The van der Waals surface area contributed by atoms with Crippen LogP contribution in [0, 0.1) is 12.7 Å². The van der Waals surface area contributed by atoms with Crippen LogP contribution in [0.5, 0.6) is 0 Å². The van der Waals surface area contributed by atoms with Crippen LogP contribution >= 0.6 is 0 Å². The summed E-state index contributed by atoms with van der Waals surface area (Å²) in [5.41, 5.74) is 1.01. The van der Waals surface area contributed by atoms with E-state index in [1.54, 1.807) is 35.9 Å². The lowest BCUT2D eigenvalue weighted by Gasteiger charge is -2.37. The zero-order chi connectivity index (χ0) is 20.4. The Hall–Kier alpha value is -2.37. The summed E-state index contributed by atoms with van der Waals surface area (Å²) in [6, 6.07) is 2.92. The van der Waals surface area contributed by atoms with E-state index in [9.17, 15) is 14.0 Å². The predicted molar refractivity (Wildman–Crippen MR) is 104 cm³/mol. The topological polar surface area (TPSA) is 49.9 Å². The molecule has 1 aliphatic rings. The molecular formula is C21H29FN2O3. The van der Waals surface area contributed by atoms with Crippen LogP contribution in [0.2, 0.25) is 0 Å². The molecule has 0 atom stereocenters. The maximum absolute atomic E-state index is 14.3. The summed E-state index contributed by atoms with van der Waals surface area (Å²) < 4.78 is 19.7. The zero-order valence-corrected chi connectivity index (χ0v) is 16.8. The number of hydrogen-bond donors (Lipinski definition) is 0. The molecule has 27 heavy (non-hydrogen) atoms. The Morgan fingerprint density at radius 2 is 1.89 bits per heavy atom. The lowest BCUT2D eigenvalue weighted by atomic mass is 10.0. The van der Waals surface area contributed by atoms with Crippen molar-refractivity contribution in [3.63, 3.8) is 0 Å². The molecule has 0 aliphatic carbocycles. The lowest BCUT2D eigenvalue weighted by molar-refractivity contribution is 0.0155. The van der Waals surface area contributed by atoms with E-state index in [0.717, 1.165) is 11.1 Å². The Morgan fingerprint density at radius 1 is 1.30 bits per heavy atom. The smallest absolute Gasteiger partial charge is 0.410 e. The number of carbonyl (C=O) groups excluding carboxylic acids is 2. The second-order valence-corrected chi connectivity index (χ2v) is 8.01. The second kappa shape index (κ2) is 8.11. The first kappa shape index (κ1) is 20.9. The van der Waals surface area contributed by atoms with Gasteiger partial charge in [0.25, 0.3) is 5.91 Å². The fourth-order valence-electron chi connectivity index (χ4n) is 3.18. The number of nitrogens with zero attached hydrogens (tertiary/aromatic N) is 2. The molecule has 2 amide bonds. The van der Waals surface area contributed by atoms with E-state index in [1.807, 2.05) is 20.8 Å². The number of likely N-dealkylation sites (tertiary alicyclic amines) is 1. The Morgan fingerprint density at radius 3 is 2.41 bits per heavy atom. The van der Waals surface area contributed by atoms with Crippen molar-refractivity contribution in [1.29, 1.82) is 0 Å². The van der Waals surface area contributed by atoms with Crippen LogP contribution in [-0.4, -0.2) is 53.6 Å². The van der Waals surface area contributed by atoms with Gasteiger partial charge in [0.2, 0.25) is 0 Å². The van der Waals surface area contributed by atoms with Gasteiger partial charge in [-0.3, -0.25) is 4.79 Å². The van der Waals surface area contributed by atoms with Crippen molar-refractivity contribution in [3.05, 3.63) is 41.2 Å². The highest BCUT2D eigenvalue weighted by atomic mass is 19.1. The number of aryl methyl sites for hydroxylation is 1. The van der Waals surface area contributed by atoms with Gasteiger partial charge in [-0.15, -0.1) is 0 Å². The van der Waals surface area contributed by atoms with Crippen molar-refractivity contribution >= 4 is 18.1 Å². The van der Waals surface area contributed by atoms with Crippen molar-refractivity contribution in [2.24, 2.45) is 0 Å². The van der Waals surface area contributed by atoms with E-state index in [2.05, 4.69) is 6.58 Å². The van der Waals surface area contributed by atoms with E-state index < -0.39 is 11.4 Å². The first-order valence-electron chi connectivity index (χ1n) is 9.21. The molecule has 6 heteroatoms. The lowest BCUT2D eigenvalue weighted by Crippen LogP contribution is -2.48. The minimum Gasteiger partial charge on any atom is -0.444 e. The second-order valence-electron chi connectivity index (χ2n) is 8.01. The molecule has 1 aromatic carbocycles. The summed E-state index contributed by atoms with van der Waals surface area (Å²) in [7, 11) is 1.71. The van der Waals surface area contributed by atoms with Crippen LogP contribution in [0.25, 0.3) is 6.08 Å². The summed E-state index contributed by atoms with van der Waals surface area (Å²) in [5, 5.41) is 0. The number of amides is 2. The molecule has 0 unspecified atom stereocenters. The first-order chi connectivity index (χ1) is 12.5. The van der Waals surface area contributed by atoms with Crippen molar-refractivity contribution in [2.75, 3.05) is 20.1 Å². The summed E-state index contributed by atoms with van der Waals surface area (Å²) in [6.07, 6.45) is 2.51. The van der Waals surface area contributed by atoms with E-state index in [4.69, 9.17) is 4.74 Å². The monoisotopic (exact) mass is 376 g/mol. The molecule has 0 radical (unpaired) electrons. The number of carbonyl (C=O) groups is 2. The van der Waals surface area contributed by atoms with Crippen molar-refractivity contribution < 1.29 is 18.7 Å². The largest absolute Gasteiger partial charge is 0.444 e. The number of halogens is 1. The molecule has 1 heterocycles. The molecule has 1 aromatic rings.